The van der Waals surface area contributed by atoms with Crippen LogP contribution in [0.25, 0.3) is 54.4 Å². The first-order valence-corrected chi connectivity index (χ1v) is 27.4. The monoisotopic (exact) mass is 1140 g/mol. The van der Waals surface area contributed by atoms with E-state index in [-0.39, 0.29) is 133 Å². The number of pyridine rings is 2. The van der Waals surface area contributed by atoms with Crippen LogP contribution in [0.5, 0.6) is 6.01 Å². The molecular weight excluding hydrogens is 1090 g/mol. The van der Waals surface area contributed by atoms with Crippen molar-refractivity contribution in [3.63, 3.8) is 0 Å². The zero-order chi connectivity index (χ0) is 57.8. The summed E-state index contributed by atoms with van der Waals surface area (Å²) in [5, 5.41) is 31.0. The Hall–Kier alpha value is -8.35. The fourth-order valence-corrected chi connectivity index (χ4v) is 12.6. The van der Waals surface area contributed by atoms with Gasteiger partial charge in [0, 0.05) is 72.0 Å². The molecule has 19 nitrogen and oxygen atoms in total. The molecule has 5 aliphatic heterocycles. The van der Waals surface area contributed by atoms with Crippen LogP contribution in [0.4, 0.5) is 34.5 Å². The number of anilines is 3. The molecule has 4 aromatic heterocycles. The molecule has 5 aliphatic rings. The summed E-state index contributed by atoms with van der Waals surface area (Å²) < 4.78 is 66.5. The van der Waals surface area contributed by atoms with E-state index in [9.17, 15) is 29.5 Å². The second-order valence-electron chi connectivity index (χ2n) is 19.8. The number of rotatable bonds is 9. The molecule has 3 fully saturated rings. The first kappa shape index (κ1) is 55.9. The van der Waals surface area contributed by atoms with Gasteiger partial charge in [-0.1, -0.05) is 38.1 Å². The number of nitriles is 2. The second kappa shape index (κ2) is 22.3. The molecule has 0 bridgehead atoms. The Bertz CT molecular complexity index is 3940. The third-order valence-corrected chi connectivity index (χ3v) is 16.7. The van der Waals surface area contributed by atoms with Crippen LogP contribution in [0.3, 0.4) is 0 Å². The molecule has 2 atom stereocenters. The molecule has 3 saturated heterocycles. The summed E-state index contributed by atoms with van der Waals surface area (Å²) in [5.74, 6) is -3.38. The Morgan fingerprint density at radius 3 is 2.44 bits per heavy atom. The van der Waals surface area contributed by atoms with Crippen molar-refractivity contribution >= 4 is 89.3 Å². The Kier molecular flexibility index (Phi) is 15.4. The average Bonchev–Trinajstić information content (AvgIpc) is 3.80. The fourth-order valence-electron chi connectivity index (χ4n) is 11.4. The van der Waals surface area contributed by atoms with E-state index in [0.717, 1.165) is 56.2 Å². The summed E-state index contributed by atoms with van der Waals surface area (Å²) in [4.78, 5) is 72.4. The number of fused-ring (bicyclic) bond motifs is 8. The number of ether oxygens (including phenoxy) is 3. The Morgan fingerprint density at radius 1 is 1.02 bits per heavy atom. The van der Waals surface area contributed by atoms with Crippen molar-refractivity contribution in [3.05, 3.63) is 110 Å². The van der Waals surface area contributed by atoms with Gasteiger partial charge in [0.1, 0.15) is 53.4 Å². The number of esters is 1. The average molecular weight is 1140 g/mol. The molecule has 24 heteroatoms. The predicted octanol–water partition coefficient (Wildman–Crippen LogP) is 9.27. The quantitative estimate of drug-likeness (QED) is 0.0899. The Balaban J connectivity index is 0.00000143. The van der Waals surface area contributed by atoms with Crippen LogP contribution < -0.4 is 26.2 Å². The molecule has 0 aliphatic carbocycles. The smallest absolute Gasteiger partial charge is 0.412 e. The van der Waals surface area contributed by atoms with Crippen LogP contribution in [-0.2, 0) is 32.2 Å². The second-order valence-corrected chi connectivity index (χ2v) is 21.3. The number of nitrogens with zero attached hydrogens (tertiary/aromatic N) is 9. The van der Waals surface area contributed by atoms with E-state index < -0.39 is 53.2 Å². The minimum atomic E-state index is -1.63. The SMILES string of the molecule is C=C(C(=O)N1CCN(c2nc(OCC34CCCN3CCC4)nc3c(F)c(-c4ccc(F)c5sc(N)c(C#N)c45)c(Cl)cc23)CC1)C(C)OC(=O)Nc1cc2cc3c(nc2cc1F)-c1cc2c(c(=O)n1C3)COC(=O)C2O.CC.CC#N. The van der Waals surface area contributed by atoms with Crippen LogP contribution in [0, 0.1) is 40.1 Å². The van der Waals surface area contributed by atoms with Crippen molar-refractivity contribution in [3.8, 4) is 40.7 Å². The van der Waals surface area contributed by atoms with Crippen molar-refractivity contribution in [1.29, 1.82) is 10.5 Å². The van der Waals surface area contributed by atoms with Crippen molar-refractivity contribution in [1.82, 2.24) is 29.3 Å². The molecule has 81 heavy (non-hydrogen) atoms. The van der Waals surface area contributed by atoms with E-state index in [0.29, 0.717) is 28.2 Å². The first-order chi connectivity index (χ1) is 38.9. The van der Waals surface area contributed by atoms with E-state index in [1.807, 2.05) is 24.8 Å². The fraction of sp³-hybridized carbons (Fsp3) is 0.351. The van der Waals surface area contributed by atoms with Gasteiger partial charge >= 0.3 is 18.1 Å². The highest BCUT2D eigenvalue weighted by molar-refractivity contribution is 7.23. The number of halogens is 4. The van der Waals surface area contributed by atoms with Crippen LogP contribution in [0.2, 0.25) is 5.02 Å². The molecule has 12 rings (SSSR count). The number of benzene rings is 3. The van der Waals surface area contributed by atoms with Gasteiger partial charge in [-0.05, 0) is 81.6 Å². The summed E-state index contributed by atoms with van der Waals surface area (Å²) in [7, 11) is 0. The van der Waals surface area contributed by atoms with Gasteiger partial charge in [-0.3, -0.25) is 19.8 Å². The van der Waals surface area contributed by atoms with Crippen LogP contribution >= 0.6 is 22.9 Å². The van der Waals surface area contributed by atoms with Gasteiger partial charge in [-0.25, -0.2) is 27.7 Å². The normalized spacial score (nSPS) is 17.1. The van der Waals surface area contributed by atoms with Gasteiger partial charge in [0.15, 0.2) is 11.9 Å². The molecule has 4 N–H and O–H groups in total. The van der Waals surface area contributed by atoms with E-state index >= 15 is 13.2 Å². The highest BCUT2D eigenvalue weighted by atomic mass is 35.5. The van der Waals surface area contributed by atoms with E-state index in [4.69, 9.17) is 41.8 Å². The lowest BCUT2D eigenvalue weighted by Crippen LogP contribution is -2.50. The van der Waals surface area contributed by atoms with Gasteiger partial charge in [0.05, 0.1) is 67.2 Å². The molecule has 418 valence electrons. The maximum atomic E-state index is 17.3. The first-order valence-electron chi connectivity index (χ1n) is 26.2. The molecule has 0 radical (unpaired) electrons. The molecule has 0 saturated carbocycles. The summed E-state index contributed by atoms with van der Waals surface area (Å²) in [5.41, 5.74) is 6.95. The molecule has 9 heterocycles. The van der Waals surface area contributed by atoms with E-state index in [2.05, 4.69) is 26.8 Å². The summed E-state index contributed by atoms with van der Waals surface area (Å²) in [6.07, 6.45) is 0.0709. The number of amides is 2. The largest absolute Gasteiger partial charge is 0.461 e. The number of hydrogen-bond acceptors (Lipinski definition) is 17. The number of nitrogens with two attached hydrogens (primary N) is 1. The number of piperazine rings is 1. The number of nitrogens with one attached hydrogen (secondary N) is 1. The third kappa shape index (κ3) is 9.87. The van der Waals surface area contributed by atoms with Gasteiger partial charge in [0.25, 0.3) is 11.5 Å². The van der Waals surface area contributed by atoms with Crippen molar-refractivity contribution < 1.29 is 46.9 Å². The molecule has 2 unspecified atom stereocenters. The predicted molar refractivity (Wildman–Crippen MR) is 298 cm³/mol. The van der Waals surface area contributed by atoms with Crippen LogP contribution in [0.15, 0.2) is 59.4 Å². The van der Waals surface area contributed by atoms with Crippen LogP contribution in [-0.4, -0.2) is 110 Å². The summed E-state index contributed by atoms with van der Waals surface area (Å²) >= 11 is 7.82. The molecule has 3 aromatic carbocycles. The van der Waals surface area contributed by atoms with Gasteiger partial charge < -0.3 is 39.4 Å². The van der Waals surface area contributed by atoms with Crippen LogP contribution in [0.1, 0.15) is 81.7 Å². The zero-order valence-electron chi connectivity index (χ0n) is 44.4. The van der Waals surface area contributed by atoms with Crippen molar-refractivity contribution in [2.75, 3.05) is 61.8 Å². The summed E-state index contributed by atoms with van der Waals surface area (Å²) in [6, 6.07) is 13.5. The number of aliphatic hydroxyl groups excluding tert-OH is 1. The standard InChI is InChI=1S/C53H44ClF3N10O8S.C2H3N.C2H6/c1-24(25(2)75-52(72)61-37-16-26-15-27-21-67-38(42(27)60-36(26)19-35(37)56)18-29-32(49(67)70)22-73-50(71)44(29)68)48(69)65-13-11-64(12-14-65)47-30-17-33(54)40(28-5-6-34(55)45-39(28)31(20-58)46(59)76-45)41(57)43(30)62-51(63-47)74-23-53-7-3-9-66(53)10-4-8-53;1-2-3;1-2/h5-6,15-19,25,44,68H,1,3-4,7-14,21-23,59H2,2H3,(H,61,72);1H3;1-2H3. The number of carbonyl (C=O) groups excluding carboxylic acids is 3. The Labute approximate surface area is 470 Å². The highest BCUT2D eigenvalue weighted by Crippen LogP contribution is 2.47. The number of thiophene rings is 1. The third-order valence-electron chi connectivity index (χ3n) is 15.3. The van der Waals surface area contributed by atoms with E-state index in [1.165, 1.54) is 53.6 Å². The van der Waals surface area contributed by atoms with Gasteiger partial charge in [0.2, 0.25) is 0 Å². The van der Waals surface area contributed by atoms with Gasteiger partial charge in [-0.15, -0.1) is 11.3 Å². The Morgan fingerprint density at radius 2 is 1.74 bits per heavy atom. The van der Waals surface area contributed by atoms with Crippen molar-refractivity contribution in [2.45, 2.75) is 84.3 Å². The zero-order valence-corrected chi connectivity index (χ0v) is 46.0. The summed E-state index contributed by atoms with van der Waals surface area (Å²) in [6.45, 7) is 13.6. The molecule has 0 spiro atoms. The van der Waals surface area contributed by atoms with E-state index in [1.54, 1.807) is 12.1 Å². The lowest BCUT2D eigenvalue weighted by molar-refractivity contribution is -0.157. The molecule has 7 aromatic rings. The maximum Gasteiger partial charge on any atom is 0.412 e. The minimum absolute atomic E-state index is 0.00191. The number of hydrogen-bond donors (Lipinski definition) is 3. The topological polar surface area (TPSA) is 255 Å². The number of cyclic esters (lactones) is 1. The number of carbonyl (C=O) groups is 3. The number of nitrogen functional groups attached to an aromatic ring is 1. The lowest BCUT2D eigenvalue weighted by Gasteiger charge is -2.36. The lowest BCUT2D eigenvalue weighted by atomic mass is 9.95. The van der Waals surface area contributed by atoms with Crippen molar-refractivity contribution in [2.24, 2.45) is 0 Å². The van der Waals surface area contributed by atoms with Gasteiger partial charge in [-0.2, -0.15) is 20.5 Å². The maximum absolute atomic E-state index is 17.3. The number of aromatic nitrogens is 4. The number of aliphatic hydroxyl groups is 1. The minimum Gasteiger partial charge on any atom is -0.461 e. The molecular formula is C57H53ClF3N11O8S. The molecule has 2 amide bonds. The highest BCUT2D eigenvalue weighted by Gasteiger charge is 2.45.